The molecule has 0 aliphatic carbocycles. The lowest BCUT2D eigenvalue weighted by Gasteiger charge is -2.24. The van der Waals surface area contributed by atoms with Crippen LogP contribution in [0.2, 0.25) is 5.02 Å². The molecule has 0 aromatic heterocycles. The molecule has 4 heteroatoms. The fourth-order valence-electron chi connectivity index (χ4n) is 2.83. The van der Waals surface area contributed by atoms with E-state index in [0.29, 0.717) is 0 Å². The molecule has 0 bridgehead atoms. The molecule has 22 heavy (non-hydrogen) atoms. The monoisotopic (exact) mass is 304 g/mol. The number of rotatable bonds is 2. The van der Waals surface area contributed by atoms with Gasteiger partial charge in [0.15, 0.2) is 0 Å². The quantitative estimate of drug-likeness (QED) is 0.646. The van der Waals surface area contributed by atoms with Gasteiger partial charge in [-0.25, -0.2) is 0 Å². The van der Waals surface area contributed by atoms with Crippen LogP contribution in [0.1, 0.15) is 5.56 Å². The molecule has 1 aliphatic rings. The summed E-state index contributed by atoms with van der Waals surface area (Å²) in [7, 11) is 0. The Balaban J connectivity index is 1.63. The summed E-state index contributed by atoms with van der Waals surface area (Å²) in [4.78, 5) is 0. The first-order valence-electron chi connectivity index (χ1n) is 7.28. The van der Waals surface area contributed by atoms with E-state index in [1.54, 1.807) is 0 Å². The van der Waals surface area contributed by atoms with Crippen LogP contribution < -0.4 is 10.5 Å². The van der Waals surface area contributed by atoms with Gasteiger partial charge in [0.1, 0.15) is 0 Å². The van der Waals surface area contributed by atoms with Gasteiger partial charge in [0.05, 0.1) is 0 Å². The summed E-state index contributed by atoms with van der Waals surface area (Å²) in [5.74, 6) is 2.12. The first kappa shape index (κ1) is 13.3. The summed E-state index contributed by atoms with van der Waals surface area (Å²) in [6.45, 7) is 0.0659. The van der Waals surface area contributed by atoms with Gasteiger partial charge >= 0.3 is 6.98 Å². The zero-order chi connectivity index (χ0) is 14.9. The lowest BCUT2D eigenvalue weighted by molar-refractivity contribution is 1.61. The summed E-state index contributed by atoms with van der Waals surface area (Å²) in [6.07, 6.45) is 2.09. The SMILES string of the molecule is Clc1ccc(/C=C\B2Nc3cccc4cccc(c34)N2)cc1. The molecule has 4 rings (SSSR count). The molecule has 1 aliphatic heterocycles. The van der Waals surface area contributed by atoms with E-state index in [-0.39, 0.29) is 6.98 Å². The molecule has 0 amide bonds. The van der Waals surface area contributed by atoms with E-state index in [2.05, 4.69) is 58.9 Å². The second kappa shape index (κ2) is 5.43. The van der Waals surface area contributed by atoms with Crippen molar-refractivity contribution in [3.63, 3.8) is 0 Å². The number of hydrogen-bond donors (Lipinski definition) is 2. The zero-order valence-electron chi connectivity index (χ0n) is 11.9. The van der Waals surface area contributed by atoms with Crippen LogP contribution >= 0.6 is 11.6 Å². The van der Waals surface area contributed by atoms with E-state index in [0.717, 1.165) is 22.0 Å². The lowest BCUT2D eigenvalue weighted by atomic mass is 9.73. The molecule has 2 N–H and O–H groups in total. The van der Waals surface area contributed by atoms with Gasteiger partial charge in [-0.2, -0.15) is 0 Å². The van der Waals surface area contributed by atoms with Crippen molar-refractivity contribution >= 4 is 46.8 Å². The van der Waals surface area contributed by atoms with Crippen molar-refractivity contribution in [3.8, 4) is 0 Å². The molecule has 2 nitrogen and oxygen atoms in total. The van der Waals surface area contributed by atoms with Gasteiger partial charge in [-0.3, -0.25) is 0 Å². The number of anilines is 2. The summed E-state index contributed by atoms with van der Waals surface area (Å²) >= 11 is 5.91. The Morgan fingerprint density at radius 1 is 0.818 bits per heavy atom. The molecule has 3 aromatic carbocycles. The number of benzene rings is 3. The first-order valence-corrected chi connectivity index (χ1v) is 7.66. The molecule has 0 unspecified atom stereocenters. The fraction of sp³-hybridized carbons (Fsp3) is 0. The molecule has 0 atom stereocenters. The Labute approximate surface area is 134 Å². The van der Waals surface area contributed by atoms with Crippen molar-refractivity contribution in [2.24, 2.45) is 0 Å². The molecule has 0 radical (unpaired) electrons. The molecule has 0 saturated carbocycles. The maximum atomic E-state index is 5.91. The largest absolute Gasteiger partial charge is 0.405 e. The maximum Gasteiger partial charge on any atom is 0.398 e. The Hall–Kier alpha value is -2.39. The first-order chi connectivity index (χ1) is 10.8. The molecular weight excluding hydrogens is 290 g/mol. The molecule has 106 valence electrons. The number of halogens is 1. The standard InChI is InChI=1S/C18H14BClN2/c20-15-9-7-13(8-10-15)11-12-19-21-16-5-1-3-14-4-2-6-17(22-19)18(14)16/h1-12,21-22H/b12-11-. The van der Waals surface area contributed by atoms with Crippen LogP contribution in [0.25, 0.3) is 16.8 Å². The summed E-state index contributed by atoms with van der Waals surface area (Å²) in [6, 6.07) is 20.5. The molecule has 1 heterocycles. The van der Waals surface area contributed by atoms with Gasteiger partial charge in [-0.1, -0.05) is 60.1 Å². The summed E-state index contributed by atoms with van der Waals surface area (Å²) < 4.78 is 0. The van der Waals surface area contributed by atoms with E-state index in [1.165, 1.54) is 10.8 Å². The lowest BCUT2D eigenvalue weighted by Crippen LogP contribution is -2.35. The zero-order valence-corrected chi connectivity index (χ0v) is 12.6. The second-order valence-electron chi connectivity index (χ2n) is 5.39. The second-order valence-corrected chi connectivity index (χ2v) is 5.82. The topological polar surface area (TPSA) is 24.1 Å². The maximum absolute atomic E-state index is 5.91. The number of hydrogen-bond acceptors (Lipinski definition) is 2. The van der Waals surface area contributed by atoms with Crippen molar-refractivity contribution < 1.29 is 0 Å². The number of nitrogens with one attached hydrogen (secondary N) is 2. The highest BCUT2D eigenvalue weighted by Crippen LogP contribution is 2.34. The Kier molecular flexibility index (Phi) is 3.28. The highest BCUT2D eigenvalue weighted by atomic mass is 35.5. The molecule has 3 aromatic rings. The third-order valence-corrected chi connectivity index (χ3v) is 4.13. The third kappa shape index (κ3) is 2.44. The van der Waals surface area contributed by atoms with Crippen LogP contribution in [0.5, 0.6) is 0 Å². The van der Waals surface area contributed by atoms with Crippen molar-refractivity contribution in [3.05, 3.63) is 77.2 Å². The van der Waals surface area contributed by atoms with E-state index in [4.69, 9.17) is 11.6 Å². The van der Waals surface area contributed by atoms with E-state index in [1.807, 2.05) is 24.3 Å². The van der Waals surface area contributed by atoms with Gasteiger partial charge < -0.3 is 10.5 Å². The fourth-order valence-corrected chi connectivity index (χ4v) is 2.96. The van der Waals surface area contributed by atoms with Crippen LogP contribution in [-0.2, 0) is 0 Å². The van der Waals surface area contributed by atoms with Gasteiger partial charge in [0.25, 0.3) is 0 Å². The Morgan fingerprint density at radius 3 is 2.09 bits per heavy atom. The minimum Gasteiger partial charge on any atom is -0.405 e. The van der Waals surface area contributed by atoms with Crippen LogP contribution in [0, 0.1) is 0 Å². The normalized spacial score (nSPS) is 13.2. The Bertz CT molecular complexity index is 818. The predicted octanol–water partition coefficient (Wildman–Crippen LogP) is 5.07. The van der Waals surface area contributed by atoms with Crippen LogP contribution in [0.15, 0.2) is 66.6 Å². The summed E-state index contributed by atoms with van der Waals surface area (Å²) in [5.41, 5.74) is 3.46. The van der Waals surface area contributed by atoms with Gasteiger partial charge in [0.2, 0.25) is 0 Å². The smallest absolute Gasteiger partial charge is 0.398 e. The van der Waals surface area contributed by atoms with Crippen LogP contribution in [0.4, 0.5) is 11.4 Å². The van der Waals surface area contributed by atoms with Crippen molar-refractivity contribution in [2.75, 3.05) is 10.5 Å². The van der Waals surface area contributed by atoms with Crippen LogP contribution in [0.3, 0.4) is 0 Å². The van der Waals surface area contributed by atoms with Gasteiger partial charge in [0, 0.05) is 21.8 Å². The third-order valence-electron chi connectivity index (χ3n) is 3.88. The van der Waals surface area contributed by atoms with Gasteiger partial charge in [-0.15, -0.1) is 0 Å². The Morgan fingerprint density at radius 2 is 1.45 bits per heavy atom. The highest BCUT2D eigenvalue weighted by Gasteiger charge is 2.20. The minimum atomic E-state index is 0.0659. The van der Waals surface area contributed by atoms with Crippen molar-refractivity contribution in [2.45, 2.75) is 0 Å². The molecular formula is C18H14BClN2. The van der Waals surface area contributed by atoms with E-state index < -0.39 is 0 Å². The molecule has 0 saturated heterocycles. The van der Waals surface area contributed by atoms with E-state index >= 15 is 0 Å². The minimum absolute atomic E-state index is 0.0659. The molecule has 0 spiro atoms. The average Bonchev–Trinajstić information content (AvgIpc) is 2.55. The predicted molar refractivity (Wildman–Crippen MR) is 97.4 cm³/mol. The van der Waals surface area contributed by atoms with Crippen LogP contribution in [-0.4, -0.2) is 6.98 Å². The van der Waals surface area contributed by atoms with Crippen molar-refractivity contribution in [1.82, 2.24) is 0 Å². The van der Waals surface area contributed by atoms with Crippen molar-refractivity contribution in [1.29, 1.82) is 0 Å². The van der Waals surface area contributed by atoms with Gasteiger partial charge in [-0.05, 0) is 35.2 Å². The van der Waals surface area contributed by atoms with E-state index in [9.17, 15) is 0 Å². The molecule has 0 fully saturated rings. The summed E-state index contributed by atoms with van der Waals surface area (Å²) in [5, 5.41) is 10.3. The average molecular weight is 305 g/mol. The highest BCUT2D eigenvalue weighted by molar-refractivity contribution is 6.73.